The summed E-state index contributed by atoms with van der Waals surface area (Å²) in [4.78, 5) is 26.3. The van der Waals surface area contributed by atoms with Crippen LogP contribution in [0.3, 0.4) is 0 Å². The predicted octanol–water partition coefficient (Wildman–Crippen LogP) is 6.45. The number of rotatable bonds is 10. The Morgan fingerprint density at radius 1 is 0.936 bits per heavy atom. The van der Waals surface area contributed by atoms with Crippen LogP contribution < -0.4 is 24.6 Å². The molecule has 2 saturated heterocycles. The van der Waals surface area contributed by atoms with E-state index in [9.17, 15) is 0 Å². The van der Waals surface area contributed by atoms with E-state index < -0.39 is 0 Å². The fraction of sp³-hybridized carbons (Fsp3) is 0.471. The number of hydrogen-bond acceptors (Lipinski definition) is 12. The van der Waals surface area contributed by atoms with Crippen LogP contribution in [0.2, 0.25) is 0 Å². The molecule has 0 amide bonds. The molecule has 1 aliphatic carbocycles. The van der Waals surface area contributed by atoms with Crippen LogP contribution in [-0.2, 0) is 0 Å². The highest BCUT2D eigenvalue weighted by atomic mass is 79.9. The van der Waals surface area contributed by atoms with Gasteiger partial charge in [0.15, 0.2) is 0 Å². The van der Waals surface area contributed by atoms with Crippen LogP contribution in [-0.4, -0.2) is 102 Å². The van der Waals surface area contributed by atoms with Gasteiger partial charge in [-0.15, -0.1) is 0 Å². The first-order chi connectivity index (χ1) is 22.9. The van der Waals surface area contributed by atoms with E-state index in [1.165, 1.54) is 63.1 Å². The number of piperidine rings is 1. The van der Waals surface area contributed by atoms with Gasteiger partial charge < -0.3 is 29.5 Å². The first-order valence-corrected chi connectivity index (χ1v) is 18.1. The molecule has 0 atom stereocenters. The number of aromatic nitrogens is 4. The molecular weight excluding hydrogens is 676 g/mol. The van der Waals surface area contributed by atoms with Crippen molar-refractivity contribution < 1.29 is 4.74 Å². The van der Waals surface area contributed by atoms with Gasteiger partial charge in [-0.3, -0.25) is 14.9 Å². The molecule has 3 fully saturated rings. The van der Waals surface area contributed by atoms with Crippen molar-refractivity contribution in [2.45, 2.75) is 43.9 Å². The summed E-state index contributed by atoms with van der Waals surface area (Å²) in [7, 11) is 6.03. The van der Waals surface area contributed by atoms with Crippen molar-refractivity contribution in [3.05, 3.63) is 52.9 Å². The van der Waals surface area contributed by atoms with E-state index in [2.05, 4.69) is 93.7 Å². The van der Waals surface area contributed by atoms with Crippen LogP contribution in [0.15, 0.2) is 47.3 Å². The van der Waals surface area contributed by atoms with Gasteiger partial charge in [-0.1, -0.05) is 0 Å². The van der Waals surface area contributed by atoms with Gasteiger partial charge in [0.05, 0.1) is 34.2 Å². The molecule has 1 saturated carbocycles. The van der Waals surface area contributed by atoms with Gasteiger partial charge in [0, 0.05) is 88.0 Å². The molecule has 2 aromatic heterocycles. The van der Waals surface area contributed by atoms with Crippen LogP contribution in [0.4, 0.5) is 34.5 Å². The maximum absolute atomic E-state index is 5.90. The molecule has 0 spiro atoms. The number of anilines is 6. The van der Waals surface area contributed by atoms with E-state index in [0.29, 0.717) is 23.1 Å². The topological polar surface area (TPSA) is 97.8 Å². The number of benzene rings is 2. The summed E-state index contributed by atoms with van der Waals surface area (Å²) in [5, 5.41) is 7.62. The Kier molecular flexibility index (Phi) is 9.58. The Hall–Kier alpha value is -3.39. The molecule has 0 radical (unpaired) electrons. The quantitative estimate of drug-likeness (QED) is 0.177. The third-order valence-electron chi connectivity index (χ3n) is 9.38. The van der Waals surface area contributed by atoms with E-state index in [0.717, 1.165) is 51.4 Å². The number of likely N-dealkylation sites (N-methyl/N-ethyl adjacent to an activating group) is 1. The van der Waals surface area contributed by atoms with Crippen LogP contribution >= 0.6 is 27.9 Å². The van der Waals surface area contributed by atoms with Crippen molar-refractivity contribution in [1.82, 2.24) is 29.7 Å². The molecule has 4 aromatic rings. The van der Waals surface area contributed by atoms with Gasteiger partial charge in [-0.2, -0.15) is 4.98 Å². The number of nitrogens with one attached hydrogen (secondary N) is 2. The normalized spacial score (nSPS) is 18.0. The second-order valence-corrected chi connectivity index (χ2v) is 15.0. The molecule has 13 heteroatoms. The maximum atomic E-state index is 5.90. The molecule has 47 heavy (non-hydrogen) atoms. The van der Waals surface area contributed by atoms with Crippen LogP contribution in [0.1, 0.15) is 31.2 Å². The fourth-order valence-electron chi connectivity index (χ4n) is 6.60. The second-order valence-electron chi connectivity index (χ2n) is 12.7. The summed E-state index contributed by atoms with van der Waals surface area (Å²) >= 11 is 5.50. The summed E-state index contributed by atoms with van der Waals surface area (Å²) in [5.74, 6) is 1.88. The second kappa shape index (κ2) is 14.0. The number of halogens is 1. The lowest BCUT2D eigenvalue weighted by Crippen LogP contribution is -2.52. The minimum Gasteiger partial charge on any atom is -0.494 e. The molecule has 0 bridgehead atoms. The molecule has 2 aliphatic heterocycles. The van der Waals surface area contributed by atoms with Crippen molar-refractivity contribution in [3.8, 4) is 5.75 Å². The standard InChI is InChI=1S/C34H43BrN10OS/c1-22-19-28(30(46-4)20-29(22)45-13-9-23(10-14-45)44-17-15-42(2)16-18-44)40-34-38-21-25(35)33(41-34)39-27-8-7-26-31(37-12-11-36-26)32(27)43(3)47-24-5-6-24/h7-8,11-12,19-21,23-24H,5-6,9-10,13-18H2,1-4H3,(H2,38,39,40,41). The molecule has 4 heterocycles. The highest BCUT2D eigenvalue weighted by molar-refractivity contribution is 9.10. The molecule has 7 rings (SSSR count). The van der Waals surface area contributed by atoms with E-state index in [4.69, 9.17) is 9.72 Å². The highest BCUT2D eigenvalue weighted by Gasteiger charge is 2.29. The minimum atomic E-state index is 0.469. The molecular formula is C34H43BrN10OS. The summed E-state index contributed by atoms with van der Waals surface area (Å²) in [6.45, 7) is 8.96. The molecule has 0 unspecified atom stereocenters. The Balaban J connectivity index is 1.09. The molecule has 248 valence electrons. The van der Waals surface area contributed by atoms with Gasteiger partial charge in [-0.25, -0.2) is 4.98 Å². The first-order valence-electron chi connectivity index (χ1n) is 16.4. The lowest BCUT2D eigenvalue weighted by atomic mass is 10.0. The zero-order valence-electron chi connectivity index (χ0n) is 27.5. The third-order valence-corrected chi connectivity index (χ3v) is 11.2. The Bertz CT molecular complexity index is 1720. The van der Waals surface area contributed by atoms with Gasteiger partial charge in [0.25, 0.3) is 0 Å². The van der Waals surface area contributed by atoms with Crippen LogP contribution in [0, 0.1) is 6.92 Å². The van der Waals surface area contributed by atoms with Gasteiger partial charge >= 0.3 is 0 Å². The lowest BCUT2D eigenvalue weighted by Gasteiger charge is -2.43. The van der Waals surface area contributed by atoms with Crippen molar-refractivity contribution >= 4 is 73.4 Å². The molecule has 3 aliphatic rings. The molecule has 2 N–H and O–H groups in total. The lowest BCUT2D eigenvalue weighted by molar-refractivity contribution is 0.0982. The monoisotopic (exact) mass is 718 g/mol. The van der Waals surface area contributed by atoms with E-state index in [1.807, 2.05) is 24.1 Å². The zero-order chi connectivity index (χ0) is 32.5. The third kappa shape index (κ3) is 7.23. The largest absolute Gasteiger partial charge is 0.494 e. The average Bonchev–Trinajstić information content (AvgIpc) is 3.91. The number of nitrogens with zero attached hydrogens (tertiary/aromatic N) is 8. The first kappa shape index (κ1) is 32.2. The highest BCUT2D eigenvalue weighted by Crippen LogP contribution is 2.43. The number of aryl methyl sites for hydroxylation is 1. The van der Waals surface area contributed by atoms with Gasteiger partial charge in [0.2, 0.25) is 5.95 Å². The number of fused-ring (bicyclic) bond motifs is 1. The van der Waals surface area contributed by atoms with E-state index in [-0.39, 0.29) is 0 Å². The van der Waals surface area contributed by atoms with Crippen molar-refractivity contribution in [1.29, 1.82) is 0 Å². The fourth-order valence-corrected chi connectivity index (χ4v) is 7.97. The SMILES string of the molecule is COc1cc(N2CCC(N3CCN(C)CC3)CC2)c(C)cc1Nc1ncc(Br)c(Nc2ccc3nccnc3c2N(C)SC2CC2)n1. The summed E-state index contributed by atoms with van der Waals surface area (Å²) in [6.07, 6.45) is 10.1. The number of piperazine rings is 1. The summed E-state index contributed by atoms with van der Waals surface area (Å²) in [5.41, 5.74) is 6.83. The number of methoxy groups -OCH3 is 1. The maximum Gasteiger partial charge on any atom is 0.229 e. The van der Waals surface area contributed by atoms with Crippen LogP contribution in [0.25, 0.3) is 11.0 Å². The number of ether oxygens (including phenoxy) is 1. The predicted molar refractivity (Wildman–Crippen MR) is 197 cm³/mol. The van der Waals surface area contributed by atoms with E-state index >= 15 is 0 Å². The van der Waals surface area contributed by atoms with Crippen molar-refractivity contribution in [2.75, 3.05) is 80.3 Å². The number of hydrogen-bond donors (Lipinski definition) is 2. The van der Waals surface area contributed by atoms with Crippen molar-refractivity contribution in [2.24, 2.45) is 0 Å². The van der Waals surface area contributed by atoms with Gasteiger partial charge in [-0.05, 0) is 91.3 Å². The Morgan fingerprint density at radius 2 is 1.70 bits per heavy atom. The Morgan fingerprint density at radius 3 is 2.45 bits per heavy atom. The molecule has 11 nitrogen and oxygen atoms in total. The van der Waals surface area contributed by atoms with Crippen LogP contribution in [0.5, 0.6) is 5.75 Å². The minimum absolute atomic E-state index is 0.469. The van der Waals surface area contributed by atoms with E-state index in [1.54, 1.807) is 25.7 Å². The summed E-state index contributed by atoms with van der Waals surface area (Å²) < 4.78 is 8.85. The smallest absolute Gasteiger partial charge is 0.229 e. The van der Waals surface area contributed by atoms with Gasteiger partial charge in [0.1, 0.15) is 17.1 Å². The molecule has 2 aromatic carbocycles. The Labute approximate surface area is 289 Å². The summed E-state index contributed by atoms with van der Waals surface area (Å²) in [6, 6.07) is 9.00. The average molecular weight is 720 g/mol. The van der Waals surface area contributed by atoms with Crippen molar-refractivity contribution in [3.63, 3.8) is 0 Å². The zero-order valence-corrected chi connectivity index (χ0v) is 29.9.